The predicted octanol–water partition coefficient (Wildman–Crippen LogP) is -2.88. The van der Waals surface area contributed by atoms with Crippen molar-refractivity contribution < 1.29 is 0 Å². The molecule has 13 heavy (non-hydrogen) atoms. The first-order valence-electron chi connectivity index (χ1n) is 3.84. The molecule has 0 atom stereocenters. The van der Waals surface area contributed by atoms with Gasteiger partial charge in [-0.15, -0.1) is 0 Å². The third-order valence-electron chi connectivity index (χ3n) is 1.40. The Morgan fingerprint density at radius 1 is 1.08 bits per heavy atom. The lowest BCUT2D eigenvalue weighted by molar-refractivity contribution is 0.582. The average Bonchev–Trinajstić information content (AvgIpc) is 2.04. The van der Waals surface area contributed by atoms with E-state index in [4.69, 9.17) is 22.9 Å². The highest BCUT2D eigenvalue weighted by atomic mass is 15.0. The molecule has 0 spiro atoms. The Morgan fingerprint density at radius 2 is 1.46 bits per heavy atom. The van der Waals surface area contributed by atoms with Crippen LogP contribution < -0.4 is 28.3 Å². The van der Waals surface area contributed by atoms with Crippen molar-refractivity contribution in [2.24, 2.45) is 32.9 Å². The molecule has 0 bridgehead atoms. The Balaban J connectivity index is 3.90. The first-order valence-corrected chi connectivity index (χ1v) is 3.84. The third kappa shape index (κ3) is 6.88. The summed E-state index contributed by atoms with van der Waals surface area (Å²) in [6.07, 6.45) is 0. The van der Waals surface area contributed by atoms with Crippen LogP contribution in [0, 0.1) is 0 Å². The number of nitrogens with two attached hydrogens (primary N) is 4. The van der Waals surface area contributed by atoms with Crippen LogP contribution in [0.2, 0.25) is 0 Å². The van der Waals surface area contributed by atoms with E-state index >= 15 is 0 Å². The molecule has 76 valence electrons. The maximum Gasteiger partial charge on any atom is 0.185 e. The number of nitrogens with one attached hydrogen (secondary N) is 1. The minimum Gasteiger partial charge on any atom is -0.370 e. The van der Waals surface area contributed by atoms with Crippen molar-refractivity contribution in [1.29, 1.82) is 0 Å². The topological polar surface area (TPSA) is 141 Å². The van der Waals surface area contributed by atoms with Gasteiger partial charge in [0.1, 0.15) is 0 Å². The molecule has 0 aliphatic rings. The highest BCUT2D eigenvalue weighted by molar-refractivity contribution is 5.76. The Labute approximate surface area is 77.3 Å². The van der Waals surface area contributed by atoms with Crippen LogP contribution in [0.5, 0.6) is 0 Å². The largest absolute Gasteiger partial charge is 0.370 e. The highest BCUT2D eigenvalue weighted by Gasteiger charge is 2.03. The number of rotatable bonds is 5. The van der Waals surface area contributed by atoms with Crippen molar-refractivity contribution in [2.45, 2.75) is 6.04 Å². The van der Waals surface area contributed by atoms with Crippen LogP contribution in [0.3, 0.4) is 0 Å². The molecule has 7 nitrogen and oxygen atoms in total. The molecule has 0 radical (unpaired) electrons. The molecule has 0 saturated carbocycles. The fourth-order valence-corrected chi connectivity index (χ4v) is 0.672. The molecule has 0 aromatic rings. The van der Waals surface area contributed by atoms with Crippen molar-refractivity contribution in [2.75, 3.05) is 20.1 Å². The molecule has 9 N–H and O–H groups in total. The second-order valence-electron chi connectivity index (χ2n) is 2.52. The van der Waals surface area contributed by atoms with Crippen molar-refractivity contribution >= 4 is 11.9 Å². The Morgan fingerprint density at radius 3 is 1.69 bits per heavy atom. The molecular formula is C6H17N7. The van der Waals surface area contributed by atoms with Crippen molar-refractivity contribution in [3.63, 3.8) is 0 Å². The monoisotopic (exact) mass is 187 g/mol. The van der Waals surface area contributed by atoms with Crippen LogP contribution in [0.4, 0.5) is 0 Å². The number of hydrogen-bond donors (Lipinski definition) is 5. The molecule has 0 saturated heterocycles. The van der Waals surface area contributed by atoms with Gasteiger partial charge in [-0.05, 0) is 7.05 Å². The normalized spacial score (nSPS) is 9.69. The highest BCUT2D eigenvalue weighted by Crippen LogP contribution is 1.85. The summed E-state index contributed by atoms with van der Waals surface area (Å²) in [6.45, 7) is 0.908. The maximum atomic E-state index is 5.17. The van der Waals surface area contributed by atoms with Gasteiger partial charge in [0.2, 0.25) is 0 Å². The van der Waals surface area contributed by atoms with Gasteiger partial charge in [-0.25, -0.2) is 0 Å². The summed E-state index contributed by atoms with van der Waals surface area (Å²) in [4.78, 5) is 7.67. The van der Waals surface area contributed by atoms with Crippen LogP contribution in [0.1, 0.15) is 0 Å². The number of likely N-dealkylation sites (N-methyl/N-ethyl adjacent to an activating group) is 1. The van der Waals surface area contributed by atoms with Gasteiger partial charge in [-0.2, -0.15) is 0 Å². The van der Waals surface area contributed by atoms with Gasteiger partial charge in [-0.1, -0.05) is 0 Å². The van der Waals surface area contributed by atoms with Gasteiger partial charge in [-0.3, -0.25) is 9.98 Å². The zero-order valence-corrected chi connectivity index (χ0v) is 7.70. The summed E-state index contributed by atoms with van der Waals surface area (Å²) >= 11 is 0. The lowest BCUT2D eigenvalue weighted by atomic mass is 10.3. The second-order valence-corrected chi connectivity index (χ2v) is 2.52. The lowest BCUT2D eigenvalue weighted by Crippen LogP contribution is -2.35. The smallest absolute Gasteiger partial charge is 0.185 e. The summed E-state index contributed by atoms with van der Waals surface area (Å²) in [5, 5.41) is 2.98. The summed E-state index contributed by atoms with van der Waals surface area (Å²) < 4.78 is 0. The minimum atomic E-state index is 0.0456. The SMILES string of the molecule is CNC(CN=C(N)N)CN=C(N)N. The lowest BCUT2D eigenvalue weighted by Gasteiger charge is -2.10. The maximum absolute atomic E-state index is 5.17. The molecule has 7 heteroatoms. The molecule has 0 fully saturated rings. The fraction of sp³-hybridized carbons (Fsp3) is 0.667. The van der Waals surface area contributed by atoms with Crippen LogP contribution in [-0.2, 0) is 0 Å². The number of aliphatic imine (C=N–C) groups is 2. The minimum absolute atomic E-state index is 0.0456. The van der Waals surface area contributed by atoms with Gasteiger partial charge in [0.05, 0.1) is 13.1 Å². The molecule has 0 aliphatic carbocycles. The van der Waals surface area contributed by atoms with Crippen LogP contribution in [0.15, 0.2) is 9.98 Å². The third-order valence-corrected chi connectivity index (χ3v) is 1.40. The summed E-state index contributed by atoms with van der Waals surface area (Å²) in [7, 11) is 1.79. The molecular weight excluding hydrogens is 170 g/mol. The first kappa shape index (κ1) is 11.5. The summed E-state index contributed by atoms with van der Waals surface area (Å²) in [5.74, 6) is 0.120. The van der Waals surface area contributed by atoms with E-state index in [0.717, 1.165) is 0 Å². The van der Waals surface area contributed by atoms with Gasteiger partial charge >= 0.3 is 0 Å². The van der Waals surface area contributed by atoms with E-state index in [0.29, 0.717) is 13.1 Å². The summed E-state index contributed by atoms with van der Waals surface area (Å²) in [5.41, 5.74) is 20.7. The van der Waals surface area contributed by atoms with E-state index < -0.39 is 0 Å². The Bertz CT molecular complexity index is 169. The molecule has 0 aromatic carbocycles. The molecule has 0 aromatic heterocycles. The van der Waals surface area contributed by atoms with E-state index in [1.54, 1.807) is 7.05 Å². The van der Waals surface area contributed by atoms with Gasteiger partial charge in [0.15, 0.2) is 11.9 Å². The van der Waals surface area contributed by atoms with Crippen molar-refractivity contribution in [3.8, 4) is 0 Å². The zero-order valence-electron chi connectivity index (χ0n) is 7.70. The Hall–Kier alpha value is -1.50. The molecule has 0 rings (SSSR count). The molecule has 0 amide bonds. The van der Waals surface area contributed by atoms with Gasteiger partial charge in [0, 0.05) is 6.04 Å². The number of nitrogens with zero attached hydrogens (tertiary/aromatic N) is 2. The molecule has 0 heterocycles. The van der Waals surface area contributed by atoms with Gasteiger partial charge < -0.3 is 28.3 Å². The second kappa shape index (κ2) is 6.06. The first-order chi connectivity index (χ1) is 6.06. The van der Waals surface area contributed by atoms with E-state index in [1.165, 1.54) is 0 Å². The molecule has 0 aliphatic heterocycles. The van der Waals surface area contributed by atoms with Crippen molar-refractivity contribution in [1.82, 2.24) is 5.32 Å². The Kier molecular flexibility index (Phi) is 5.37. The predicted molar refractivity (Wildman–Crippen MR) is 54.2 cm³/mol. The van der Waals surface area contributed by atoms with E-state index in [-0.39, 0.29) is 18.0 Å². The number of guanidine groups is 2. The van der Waals surface area contributed by atoms with Crippen LogP contribution in [-0.4, -0.2) is 38.1 Å². The molecule has 0 unspecified atom stereocenters. The van der Waals surface area contributed by atoms with Crippen LogP contribution in [0.25, 0.3) is 0 Å². The van der Waals surface area contributed by atoms with E-state index in [2.05, 4.69) is 15.3 Å². The fourth-order valence-electron chi connectivity index (χ4n) is 0.672. The standard InChI is InChI=1S/C6H17N7/c1-11-4(2-12-5(7)8)3-13-6(9)10/h4,11H,2-3H2,1H3,(H4,7,8,12)(H4,9,10,13). The van der Waals surface area contributed by atoms with Crippen LogP contribution >= 0.6 is 0 Å². The van der Waals surface area contributed by atoms with E-state index in [9.17, 15) is 0 Å². The average molecular weight is 187 g/mol. The summed E-state index contributed by atoms with van der Waals surface area (Å²) in [6, 6.07) is 0.0456. The zero-order chi connectivity index (χ0) is 10.3. The van der Waals surface area contributed by atoms with Crippen molar-refractivity contribution in [3.05, 3.63) is 0 Å². The van der Waals surface area contributed by atoms with E-state index in [1.807, 2.05) is 0 Å². The quantitative estimate of drug-likeness (QED) is 0.232. The van der Waals surface area contributed by atoms with Gasteiger partial charge in [0.25, 0.3) is 0 Å². The number of hydrogen-bond acceptors (Lipinski definition) is 3.